The van der Waals surface area contributed by atoms with Gasteiger partial charge in [0.05, 0.1) is 9.92 Å². The number of nitrogens with one attached hydrogen (secondary N) is 1. The third-order valence-electron chi connectivity index (χ3n) is 4.91. The van der Waals surface area contributed by atoms with Gasteiger partial charge in [0.2, 0.25) is 10.0 Å². The fourth-order valence-corrected chi connectivity index (χ4v) is 4.81. The predicted molar refractivity (Wildman–Crippen MR) is 113 cm³/mol. The molecule has 6 nitrogen and oxygen atoms in total. The van der Waals surface area contributed by atoms with Gasteiger partial charge in [0.25, 0.3) is 5.91 Å². The number of nitrogens with zero attached hydrogens (tertiary/aromatic N) is 1. The molecule has 0 aromatic heterocycles. The number of rotatable bonds is 7. The molecule has 8 heteroatoms. The van der Waals surface area contributed by atoms with Crippen molar-refractivity contribution in [2.45, 2.75) is 37.1 Å². The van der Waals surface area contributed by atoms with E-state index < -0.39 is 16.1 Å². The monoisotopic (exact) mass is 436 g/mol. The minimum Gasteiger partial charge on any atom is -0.482 e. The van der Waals surface area contributed by atoms with Crippen LogP contribution in [0.25, 0.3) is 0 Å². The SMILES string of the molecule is CC(NS(=O)(=O)c1ccc(OCC(=O)N2CCCCC2)c(Cl)c1)c1ccccc1. The topological polar surface area (TPSA) is 75.7 Å². The number of hydrogen-bond donors (Lipinski definition) is 1. The van der Waals surface area contributed by atoms with Gasteiger partial charge in [0.15, 0.2) is 6.61 Å². The maximum Gasteiger partial charge on any atom is 0.260 e. The number of carbonyl (C=O) groups is 1. The Bertz CT molecular complexity index is 944. The molecule has 1 unspecified atom stereocenters. The Balaban J connectivity index is 1.64. The van der Waals surface area contributed by atoms with E-state index in [1.165, 1.54) is 18.2 Å². The number of piperidine rings is 1. The molecule has 1 saturated heterocycles. The van der Waals surface area contributed by atoms with Crippen LogP contribution >= 0.6 is 11.6 Å². The average Bonchev–Trinajstić information content (AvgIpc) is 2.73. The summed E-state index contributed by atoms with van der Waals surface area (Å²) in [6, 6.07) is 13.1. The van der Waals surface area contributed by atoms with Gasteiger partial charge in [0, 0.05) is 19.1 Å². The molecule has 0 aliphatic carbocycles. The molecule has 1 amide bonds. The van der Waals surface area contributed by atoms with Gasteiger partial charge in [-0.05, 0) is 49.9 Å². The third-order valence-corrected chi connectivity index (χ3v) is 6.74. The molecular weight excluding hydrogens is 412 g/mol. The molecule has 0 radical (unpaired) electrons. The van der Waals surface area contributed by atoms with E-state index >= 15 is 0 Å². The molecule has 2 aromatic rings. The zero-order valence-corrected chi connectivity index (χ0v) is 17.9. The maximum atomic E-state index is 12.7. The van der Waals surface area contributed by atoms with Gasteiger partial charge in [-0.2, -0.15) is 0 Å². The van der Waals surface area contributed by atoms with Crippen LogP contribution in [0.3, 0.4) is 0 Å². The molecule has 3 rings (SSSR count). The van der Waals surface area contributed by atoms with Crippen LogP contribution in [0, 0.1) is 0 Å². The summed E-state index contributed by atoms with van der Waals surface area (Å²) in [5, 5.41) is 0.145. The first-order valence-corrected chi connectivity index (χ1v) is 11.5. The molecule has 1 aliphatic heterocycles. The number of amides is 1. The van der Waals surface area contributed by atoms with E-state index in [1.807, 2.05) is 30.3 Å². The van der Waals surface area contributed by atoms with Crippen molar-refractivity contribution >= 4 is 27.5 Å². The first-order chi connectivity index (χ1) is 13.9. The smallest absolute Gasteiger partial charge is 0.260 e. The summed E-state index contributed by atoms with van der Waals surface area (Å²) in [6.45, 7) is 3.16. The van der Waals surface area contributed by atoms with Crippen molar-refractivity contribution in [2.75, 3.05) is 19.7 Å². The van der Waals surface area contributed by atoms with Crippen molar-refractivity contribution < 1.29 is 17.9 Å². The lowest BCUT2D eigenvalue weighted by Crippen LogP contribution is -2.38. The van der Waals surface area contributed by atoms with Gasteiger partial charge in [-0.15, -0.1) is 0 Å². The molecular formula is C21H25ClN2O4S. The second-order valence-electron chi connectivity index (χ2n) is 7.08. The van der Waals surface area contributed by atoms with Crippen LogP contribution in [-0.2, 0) is 14.8 Å². The van der Waals surface area contributed by atoms with E-state index in [2.05, 4.69) is 4.72 Å². The number of carbonyl (C=O) groups excluding carboxylic acids is 1. The number of halogens is 1. The Labute approximate surface area is 176 Å². The highest BCUT2D eigenvalue weighted by Crippen LogP contribution is 2.28. The zero-order chi connectivity index (χ0) is 20.9. The molecule has 0 bridgehead atoms. The molecule has 0 saturated carbocycles. The van der Waals surface area contributed by atoms with Crippen molar-refractivity contribution in [1.82, 2.24) is 9.62 Å². The van der Waals surface area contributed by atoms with Gasteiger partial charge < -0.3 is 9.64 Å². The highest BCUT2D eigenvalue weighted by molar-refractivity contribution is 7.89. The number of sulfonamides is 1. The van der Waals surface area contributed by atoms with Crippen molar-refractivity contribution in [3.63, 3.8) is 0 Å². The first-order valence-electron chi connectivity index (χ1n) is 9.64. The number of hydrogen-bond acceptors (Lipinski definition) is 4. The normalized spacial score (nSPS) is 15.7. The lowest BCUT2D eigenvalue weighted by atomic mass is 10.1. The van der Waals surface area contributed by atoms with Crippen LogP contribution in [0.15, 0.2) is 53.4 Å². The molecule has 1 atom stereocenters. The summed E-state index contributed by atoms with van der Waals surface area (Å²) < 4.78 is 33.5. The summed E-state index contributed by atoms with van der Waals surface area (Å²) in [7, 11) is -3.76. The largest absolute Gasteiger partial charge is 0.482 e. The van der Waals surface area contributed by atoms with Crippen LogP contribution in [0.2, 0.25) is 5.02 Å². The standard InChI is InChI=1S/C21H25ClN2O4S/c1-16(17-8-4-2-5-9-17)23-29(26,27)18-10-11-20(19(22)14-18)28-15-21(25)24-12-6-3-7-13-24/h2,4-5,8-11,14,16,23H,3,6-7,12-13,15H2,1H3. The van der Waals surface area contributed by atoms with E-state index in [0.29, 0.717) is 0 Å². The third kappa shape index (κ3) is 5.72. The van der Waals surface area contributed by atoms with Crippen LogP contribution in [0.1, 0.15) is 37.8 Å². The Hall–Kier alpha value is -2.09. The van der Waals surface area contributed by atoms with E-state index in [-0.39, 0.29) is 28.2 Å². The van der Waals surface area contributed by atoms with Crippen molar-refractivity contribution in [2.24, 2.45) is 0 Å². The summed E-state index contributed by atoms with van der Waals surface area (Å²) in [5.41, 5.74) is 0.860. The molecule has 1 aliphatic rings. The Kier molecular flexibility index (Phi) is 7.16. The molecule has 2 aromatic carbocycles. The fourth-order valence-electron chi connectivity index (χ4n) is 3.25. The number of likely N-dealkylation sites (tertiary alicyclic amines) is 1. The summed E-state index contributed by atoms with van der Waals surface area (Å²) in [6.07, 6.45) is 3.16. The highest BCUT2D eigenvalue weighted by Gasteiger charge is 2.21. The molecule has 1 N–H and O–H groups in total. The van der Waals surface area contributed by atoms with Gasteiger partial charge in [-0.25, -0.2) is 13.1 Å². The zero-order valence-electron chi connectivity index (χ0n) is 16.3. The predicted octanol–water partition coefficient (Wildman–Crippen LogP) is 3.77. The van der Waals surface area contributed by atoms with Gasteiger partial charge in [-0.1, -0.05) is 41.9 Å². The Morgan fingerprint density at radius 3 is 2.48 bits per heavy atom. The molecule has 29 heavy (non-hydrogen) atoms. The lowest BCUT2D eigenvalue weighted by molar-refractivity contribution is -0.134. The summed E-state index contributed by atoms with van der Waals surface area (Å²) in [5.74, 6) is 0.197. The van der Waals surface area contributed by atoms with Gasteiger partial charge in [-0.3, -0.25) is 4.79 Å². The lowest BCUT2D eigenvalue weighted by Gasteiger charge is -2.26. The Morgan fingerprint density at radius 2 is 1.83 bits per heavy atom. The molecule has 1 heterocycles. The maximum absolute atomic E-state index is 12.7. The van der Waals surface area contributed by atoms with E-state index in [9.17, 15) is 13.2 Å². The highest BCUT2D eigenvalue weighted by atomic mass is 35.5. The van der Waals surface area contributed by atoms with Gasteiger partial charge >= 0.3 is 0 Å². The van der Waals surface area contributed by atoms with Crippen molar-refractivity contribution in [3.8, 4) is 5.75 Å². The van der Waals surface area contributed by atoms with Crippen molar-refractivity contribution in [1.29, 1.82) is 0 Å². The first kappa shape index (κ1) is 21.6. The minimum absolute atomic E-state index is 0.0417. The summed E-state index contributed by atoms with van der Waals surface area (Å²) >= 11 is 6.22. The fraction of sp³-hybridized carbons (Fsp3) is 0.381. The van der Waals surface area contributed by atoms with E-state index in [0.717, 1.165) is 37.9 Å². The average molecular weight is 437 g/mol. The minimum atomic E-state index is -3.76. The van der Waals surface area contributed by atoms with E-state index in [4.69, 9.17) is 16.3 Å². The van der Waals surface area contributed by atoms with Crippen LogP contribution in [-0.4, -0.2) is 38.9 Å². The van der Waals surface area contributed by atoms with E-state index in [1.54, 1.807) is 11.8 Å². The summed E-state index contributed by atoms with van der Waals surface area (Å²) in [4.78, 5) is 14.0. The molecule has 1 fully saturated rings. The second-order valence-corrected chi connectivity index (χ2v) is 9.20. The number of benzene rings is 2. The van der Waals surface area contributed by atoms with Crippen LogP contribution in [0.5, 0.6) is 5.75 Å². The van der Waals surface area contributed by atoms with Crippen molar-refractivity contribution in [3.05, 3.63) is 59.1 Å². The molecule has 156 valence electrons. The second kappa shape index (κ2) is 9.61. The van der Waals surface area contributed by atoms with Crippen LogP contribution in [0.4, 0.5) is 0 Å². The molecule has 0 spiro atoms. The Morgan fingerprint density at radius 1 is 1.14 bits per heavy atom. The van der Waals surface area contributed by atoms with Crippen LogP contribution < -0.4 is 9.46 Å². The number of ether oxygens (including phenoxy) is 1. The quantitative estimate of drug-likeness (QED) is 0.716. The van der Waals surface area contributed by atoms with Gasteiger partial charge in [0.1, 0.15) is 5.75 Å².